The topological polar surface area (TPSA) is 41.4 Å². The van der Waals surface area contributed by atoms with Gasteiger partial charge >= 0.3 is 0 Å². The molecule has 1 saturated heterocycles. The van der Waals surface area contributed by atoms with Gasteiger partial charge in [0.05, 0.1) is 11.7 Å². The zero-order chi connectivity index (χ0) is 16.4. The molecule has 1 aliphatic rings. The van der Waals surface area contributed by atoms with Crippen LogP contribution in [0.5, 0.6) is 0 Å². The van der Waals surface area contributed by atoms with E-state index in [2.05, 4.69) is 41.3 Å². The number of carbonyl (C=O) groups is 1. The molecule has 0 radical (unpaired) electrons. The maximum Gasteiger partial charge on any atom is 0.244 e. The third-order valence-corrected chi connectivity index (χ3v) is 4.57. The minimum atomic E-state index is 0.144. The smallest absolute Gasteiger partial charge is 0.244 e. The van der Waals surface area contributed by atoms with Crippen molar-refractivity contribution in [3.8, 4) is 0 Å². The minimum absolute atomic E-state index is 0.144. The Labute approximate surface area is 137 Å². The Bertz CT molecular complexity index is 680. The first-order valence-corrected chi connectivity index (χ1v) is 8.08. The molecule has 1 amide bonds. The standard InChI is InChI=1S/C18H24N4O/c1-14-11-15(2)22(19-14)13-18(23)21-10-9-20(3)17(12-21)16-7-5-4-6-8-16/h4-8,11,17H,9-10,12-13H2,1-3H3/t17-/m1/s1. The van der Waals surface area contributed by atoms with Crippen molar-refractivity contribution in [1.29, 1.82) is 0 Å². The Morgan fingerprint density at radius 1 is 1.22 bits per heavy atom. The molecule has 0 spiro atoms. The summed E-state index contributed by atoms with van der Waals surface area (Å²) in [6.45, 7) is 6.67. The maximum atomic E-state index is 12.7. The Kier molecular flexibility index (Phi) is 4.48. The molecule has 0 bridgehead atoms. The molecule has 0 aliphatic carbocycles. The third-order valence-electron chi connectivity index (χ3n) is 4.57. The minimum Gasteiger partial charge on any atom is -0.338 e. The van der Waals surface area contributed by atoms with Crippen LogP contribution in [0.15, 0.2) is 36.4 Å². The highest BCUT2D eigenvalue weighted by atomic mass is 16.2. The van der Waals surface area contributed by atoms with Crippen molar-refractivity contribution < 1.29 is 4.79 Å². The Hall–Kier alpha value is -2.14. The quantitative estimate of drug-likeness (QED) is 0.870. The Morgan fingerprint density at radius 3 is 2.61 bits per heavy atom. The fourth-order valence-electron chi connectivity index (χ4n) is 3.20. The average molecular weight is 312 g/mol. The number of benzene rings is 1. The molecule has 1 fully saturated rings. The number of carbonyl (C=O) groups excluding carboxylic acids is 1. The fraction of sp³-hybridized carbons (Fsp3) is 0.444. The largest absolute Gasteiger partial charge is 0.338 e. The van der Waals surface area contributed by atoms with E-state index in [0.717, 1.165) is 31.0 Å². The van der Waals surface area contributed by atoms with Crippen LogP contribution >= 0.6 is 0 Å². The molecule has 5 heteroatoms. The zero-order valence-corrected chi connectivity index (χ0v) is 14.1. The predicted octanol–water partition coefficient (Wildman–Crippen LogP) is 2.02. The van der Waals surface area contributed by atoms with E-state index in [4.69, 9.17) is 0 Å². The van der Waals surface area contributed by atoms with Gasteiger partial charge in [-0.15, -0.1) is 0 Å². The third kappa shape index (κ3) is 3.45. The number of rotatable bonds is 3. The molecule has 1 aromatic heterocycles. The Balaban J connectivity index is 1.71. The molecule has 1 aromatic carbocycles. The van der Waals surface area contributed by atoms with Crippen LogP contribution in [-0.2, 0) is 11.3 Å². The lowest BCUT2D eigenvalue weighted by Gasteiger charge is -2.39. The van der Waals surface area contributed by atoms with E-state index in [9.17, 15) is 4.79 Å². The van der Waals surface area contributed by atoms with E-state index in [-0.39, 0.29) is 11.9 Å². The van der Waals surface area contributed by atoms with Crippen molar-refractivity contribution in [3.63, 3.8) is 0 Å². The number of likely N-dealkylation sites (N-methyl/N-ethyl adjacent to an activating group) is 1. The molecule has 2 heterocycles. The maximum absolute atomic E-state index is 12.7. The Morgan fingerprint density at radius 2 is 1.96 bits per heavy atom. The van der Waals surface area contributed by atoms with Crippen molar-refractivity contribution in [3.05, 3.63) is 53.3 Å². The highest BCUT2D eigenvalue weighted by Crippen LogP contribution is 2.24. The summed E-state index contributed by atoms with van der Waals surface area (Å²) in [5, 5.41) is 4.40. The highest BCUT2D eigenvalue weighted by molar-refractivity contribution is 5.76. The monoisotopic (exact) mass is 312 g/mol. The predicted molar refractivity (Wildman–Crippen MR) is 90.1 cm³/mol. The molecule has 3 rings (SSSR count). The molecule has 5 nitrogen and oxygen atoms in total. The summed E-state index contributed by atoms with van der Waals surface area (Å²) in [5.74, 6) is 0.144. The van der Waals surface area contributed by atoms with Gasteiger partial charge in [0.2, 0.25) is 5.91 Å². The molecule has 1 atom stereocenters. The van der Waals surface area contributed by atoms with Crippen LogP contribution in [0.3, 0.4) is 0 Å². The van der Waals surface area contributed by atoms with Crippen molar-refractivity contribution in [2.45, 2.75) is 26.4 Å². The van der Waals surface area contributed by atoms with Crippen LogP contribution in [0.4, 0.5) is 0 Å². The second-order valence-electron chi connectivity index (χ2n) is 6.33. The van der Waals surface area contributed by atoms with Gasteiger partial charge in [0.1, 0.15) is 6.54 Å². The first-order chi connectivity index (χ1) is 11.0. The van der Waals surface area contributed by atoms with E-state index in [1.54, 1.807) is 4.68 Å². The summed E-state index contributed by atoms with van der Waals surface area (Å²) in [6.07, 6.45) is 0. The highest BCUT2D eigenvalue weighted by Gasteiger charge is 2.28. The molecule has 0 unspecified atom stereocenters. The van der Waals surface area contributed by atoms with Gasteiger partial charge in [-0.2, -0.15) is 5.10 Å². The summed E-state index contributed by atoms with van der Waals surface area (Å²) in [4.78, 5) is 16.9. The summed E-state index contributed by atoms with van der Waals surface area (Å²) < 4.78 is 1.80. The normalized spacial score (nSPS) is 19.1. The van der Waals surface area contributed by atoms with Gasteiger partial charge < -0.3 is 4.90 Å². The van der Waals surface area contributed by atoms with Gasteiger partial charge in [-0.05, 0) is 32.5 Å². The summed E-state index contributed by atoms with van der Waals surface area (Å²) in [7, 11) is 2.13. The van der Waals surface area contributed by atoms with E-state index < -0.39 is 0 Å². The van der Waals surface area contributed by atoms with Crippen LogP contribution in [0.25, 0.3) is 0 Å². The molecule has 1 aliphatic heterocycles. The van der Waals surface area contributed by atoms with Crippen LogP contribution in [0, 0.1) is 13.8 Å². The summed E-state index contributed by atoms with van der Waals surface area (Å²) in [6, 6.07) is 12.7. The zero-order valence-electron chi connectivity index (χ0n) is 14.1. The number of piperazine rings is 1. The van der Waals surface area contributed by atoms with Crippen LogP contribution in [0.1, 0.15) is 23.0 Å². The first-order valence-electron chi connectivity index (χ1n) is 8.08. The van der Waals surface area contributed by atoms with Crippen molar-refractivity contribution in [1.82, 2.24) is 19.6 Å². The lowest BCUT2D eigenvalue weighted by molar-refractivity contribution is -0.134. The van der Waals surface area contributed by atoms with Crippen molar-refractivity contribution in [2.24, 2.45) is 0 Å². The molecule has 2 aromatic rings. The van der Waals surface area contributed by atoms with Gasteiger partial charge in [-0.1, -0.05) is 30.3 Å². The lowest BCUT2D eigenvalue weighted by atomic mass is 10.0. The molecular formula is C18H24N4O. The second kappa shape index (κ2) is 6.54. The number of aromatic nitrogens is 2. The van der Waals surface area contributed by atoms with Crippen LogP contribution < -0.4 is 0 Å². The van der Waals surface area contributed by atoms with Crippen molar-refractivity contribution in [2.75, 3.05) is 26.7 Å². The molecule has 0 saturated carbocycles. The number of hydrogen-bond donors (Lipinski definition) is 0. The van der Waals surface area contributed by atoms with Crippen molar-refractivity contribution >= 4 is 5.91 Å². The summed E-state index contributed by atoms with van der Waals surface area (Å²) >= 11 is 0. The fourth-order valence-corrected chi connectivity index (χ4v) is 3.20. The lowest BCUT2D eigenvalue weighted by Crippen LogP contribution is -2.49. The van der Waals surface area contributed by atoms with Gasteiger partial charge in [0.15, 0.2) is 0 Å². The average Bonchev–Trinajstić information content (AvgIpc) is 2.86. The van der Waals surface area contributed by atoms with E-state index in [0.29, 0.717) is 6.54 Å². The van der Waals surface area contributed by atoms with E-state index in [1.807, 2.05) is 30.9 Å². The summed E-state index contributed by atoms with van der Waals surface area (Å²) in [5.41, 5.74) is 3.25. The van der Waals surface area contributed by atoms with Gasteiger partial charge in [0.25, 0.3) is 0 Å². The van der Waals surface area contributed by atoms with Crippen LogP contribution in [-0.4, -0.2) is 52.2 Å². The number of amides is 1. The SMILES string of the molecule is Cc1cc(C)n(CC(=O)N2CCN(C)[C@@H](c3ccccc3)C2)n1. The van der Waals surface area contributed by atoms with Gasteiger partial charge in [0, 0.05) is 25.3 Å². The number of nitrogens with zero attached hydrogens (tertiary/aromatic N) is 4. The number of hydrogen-bond acceptors (Lipinski definition) is 3. The molecule has 122 valence electrons. The van der Waals surface area contributed by atoms with Crippen LogP contribution in [0.2, 0.25) is 0 Å². The number of aryl methyl sites for hydroxylation is 2. The molecule has 23 heavy (non-hydrogen) atoms. The molecule has 0 N–H and O–H groups in total. The van der Waals surface area contributed by atoms with Gasteiger partial charge in [-0.3, -0.25) is 14.4 Å². The van der Waals surface area contributed by atoms with E-state index in [1.165, 1.54) is 5.56 Å². The second-order valence-corrected chi connectivity index (χ2v) is 6.33. The van der Waals surface area contributed by atoms with E-state index >= 15 is 0 Å². The molecular weight excluding hydrogens is 288 g/mol. The first kappa shape index (κ1) is 15.7. The van der Waals surface area contributed by atoms with Gasteiger partial charge in [-0.25, -0.2) is 0 Å².